The van der Waals surface area contributed by atoms with Crippen LogP contribution in [0.3, 0.4) is 0 Å². The third-order valence-corrected chi connectivity index (χ3v) is 8.17. The molecule has 0 aliphatic heterocycles. The van der Waals surface area contributed by atoms with Crippen LogP contribution in [-0.4, -0.2) is 68.8 Å². The van der Waals surface area contributed by atoms with Gasteiger partial charge >= 0.3 is 0 Å². The van der Waals surface area contributed by atoms with E-state index in [0.29, 0.717) is 5.56 Å². The molecule has 0 aromatic heterocycles. The zero-order valence-corrected chi connectivity index (χ0v) is 19.8. The van der Waals surface area contributed by atoms with E-state index >= 15 is 0 Å². The lowest BCUT2D eigenvalue weighted by Gasteiger charge is -2.51. The Bertz CT molecular complexity index is 1260. The normalized spacial score (nSPS) is 31.6. The molecule has 37 heavy (non-hydrogen) atoms. The zero-order chi connectivity index (χ0) is 26.6. The molecule has 0 unspecified atom stereocenters. The molecule has 0 saturated heterocycles. The van der Waals surface area contributed by atoms with Crippen molar-refractivity contribution in [2.24, 2.45) is 17.6 Å². The van der Waals surface area contributed by atoms with Crippen LogP contribution in [0.1, 0.15) is 49.1 Å². The van der Waals surface area contributed by atoms with E-state index in [0.717, 1.165) is 25.7 Å². The molecule has 1 amide bonds. The van der Waals surface area contributed by atoms with E-state index in [9.17, 15) is 39.6 Å². The molecule has 2 fully saturated rings. The first-order valence-electron chi connectivity index (χ1n) is 12.1. The van der Waals surface area contributed by atoms with Crippen molar-refractivity contribution in [2.45, 2.75) is 55.8 Å². The second-order valence-electron chi connectivity index (χ2n) is 9.99. The van der Waals surface area contributed by atoms with Gasteiger partial charge in [0.05, 0.1) is 18.3 Å². The number of ether oxygens (including phenoxy) is 2. The van der Waals surface area contributed by atoms with E-state index in [1.54, 1.807) is 12.1 Å². The van der Waals surface area contributed by atoms with Crippen molar-refractivity contribution in [1.29, 1.82) is 0 Å². The van der Waals surface area contributed by atoms with Gasteiger partial charge in [0, 0.05) is 29.7 Å². The minimum Gasteiger partial charge on any atom is -0.508 e. The fourth-order valence-electron chi connectivity index (χ4n) is 6.48. The Morgan fingerprint density at radius 3 is 2.51 bits per heavy atom. The van der Waals surface area contributed by atoms with E-state index in [2.05, 4.69) is 0 Å². The van der Waals surface area contributed by atoms with Crippen LogP contribution in [0.4, 0.5) is 0 Å². The van der Waals surface area contributed by atoms with Gasteiger partial charge in [-0.3, -0.25) is 19.2 Å². The Morgan fingerprint density at radius 2 is 1.86 bits per heavy atom. The molecule has 4 aliphatic rings. The number of carbonyl (C=O) groups excluding carboxylic acids is 4. The summed E-state index contributed by atoms with van der Waals surface area (Å²) >= 11 is 0. The minimum atomic E-state index is -2.88. The number of primary amides is 1. The van der Waals surface area contributed by atoms with Crippen molar-refractivity contribution in [3.63, 3.8) is 0 Å². The van der Waals surface area contributed by atoms with Crippen LogP contribution >= 0.6 is 0 Å². The first kappa shape index (κ1) is 25.0. The largest absolute Gasteiger partial charge is 0.508 e. The minimum absolute atomic E-state index is 0.0298. The van der Waals surface area contributed by atoms with Crippen molar-refractivity contribution >= 4 is 29.7 Å². The van der Waals surface area contributed by atoms with Gasteiger partial charge in [0.15, 0.2) is 11.4 Å². The van der Waals surface area contributed by atoms with Gasteiger partial charge in [0.2, 0.25) is 5.78 Å². The number of fused-ring (bicyclic) bond motifs is 3. The first-order chi connectivity index (χ1) is 17.6. The molecule has 0 radical (unpaired) electrons. The number of nitrogens with two attached hydrogens (primary N) is 1. The van der Waals surface area contributed by atoms with Gasteiger partial charge in [0.25, 0.3) is 12.4 Å². The average Bonchev–Trinajstić information content (AvgIpc) is 3.36. The van der Waals surface area contributed by atoms with Gasteiger partial charge in [-0.1, -0.05) is 25.0 Å². The number of aliphatic hydroxyl groups excluding tert-OH is 2. The summed E-state index contributed by atoms with van der Waals surface area (Å²) in [4.78, 5) is 50.2. The highest BCUT2D eigenvalue weighted by molar-refractivity contribution is 6.23. The number of amides is 1. The predicted molar refractivity (Wildman–Crippen MR) is 125 cm³/mol. The second kappa shape index (κ2) is 9.00. The zero-order valence-electron chi connectivity index (χ0n) is 19.8. The summed E-state index contributed by atoms with van der Waals surface area (Å²) in [6.45, 7) is 0.124. The van der Waals surface area contributed by atoms with Crippen LogP contribution in [0.15, 0.2) is 35.1 Å². The number of ketones is 2. The third kappa shape index (κ3) is 3.56. The summed E-state index contributed by atoms with van der Waals surface area (Å²) < 4.78 is 11.5. The van der Waals surface area contributed by atoms with Gasteiger partial charge in [-0.25, -0.2) is 0 Å². The molecule has 11 heteroatoms. The lowest BCUT2D eigenvalue weighted by Crippen LogP contribution is -2.64. The molecular weight excluding hydrogens is 486 g/mol. The van der Waals surface area contributed by atoms with Gasteiger partial charge in [-0.2, -0.15) is 0 Å². The van der Waals surface area contributed by atoms with Gasteiger partial charge in [-0.15, -0.1) is 0 Å². The molecule has 0 heterocycles. The number of Topliss-reactive ketones (excluding diaryl/α,β-unsaturated/α-hetero) is 2. The topological polar surface area (TPSA) is 194 Å². The summed E-state index contributed by atoms with van der Waals surface area (Å²) in [6.07, 6.45) is 1.65. The standard InChI is InChI=1S/C26H27NO10/c27-25(34)19-16(30)8-14-22(37-10-28)18-13(9-36-11-4-1-2-5-11)12-6-3-7-15(29)17(12)21(31)20(18)24(33)26(14,35)23(19)32/h3,6-7,10-11,13-14,18,22,29,31-32,35H,1-2,4-5,8-9H2,(H2,27,34)/t13-,14+,18+,22+,26+/m0/s1. The molecule has 4 aliphatic carbocycles. The fraction of sp³-hybridized carbons (Fsp3) is 0.462. The number of aliphatic hydroxyl groups is 3. The maximum absolute atomic E-state index is 13.9. The first-order valence-corrected chi connectivity index (χ1v) is 12.1. The number of aromatic hydroxyl groups is 1. The highest BCUT2D eigenvalue weighted by Gasteiger charge is 2.66. The van der Waals surface area contributed by atoms with Crippen LogP contribution < -0.4 is 5.73 Å². The molecule has 5 rings (SSSR count). The molecule has 0 bridgehead atoms. The Hall–Kier alpha value is -3.70. The van der Waals surface area contributed by atoms with Crippen LogP contribution in [0.25, 0.3) is 5.76 Å². The molecule has 11 nitrogen and oxygen atoms in total. The Kier molecular flexibility index (Phi) is 6.07. The van der Waals surface area contributed by atoms with Crippen molar-refractivity contribution in [3.8, 4) is 5.75 Å². The molecule has 1 aromatic carbocycles. The summed E-state index contributed by atoms with van der Waals surface area (Å²) in [6, 6.07) is 4.52. The monoisotopic (exact) mass is 513 g/mol. The van der Waals surface area contributed by atoms with E-state index in [1.165, 1.54) is 6.07 Å². The van der Waals surface area contributed by atoms with Gasteiger partial charge < -0.3 is 35.6 Å². The van der Waals surface area contributed by atoms with E-state index in [1.807, 2.05) is 0 Å². The average molecular weight is 513 g/mol. The quantitative estimate of drug-likeness (QED) is 0.271. The smallest absolute Gasteiger partial charge is 0.293 e. The highest BCUT2D eigenvalue weighted by atomic mass is 16.5. The van der Waals surface area contributed by atoms with Crippen LogP contribution in [0.2, 0.25) is 0 Å². The van der Waals surface area contributed by atoms with Crippen LogP contribution in [0.5, 0.6) is 5.75 Å². The number of carbonyl (C=O) groups is 4. The summed E-state index contributed by atoms with van der Waals surface area (Å²) in [7, 11) is 0. The Morgan fingerprint density at radius 1 is 1.16 bits per heavy atom. The van der Waals surface area contributed by atoms with Crippen molar-refractivity contribution in [3.05, 3.63) is 46.2 Å². The van der Waals surface area contributed by atoms with Gasteiger partial charge in [0.1, 0.15) is 28.9 Å². The van der Waals surface area contributed by atoms with Gasteiger partial charge in [-0.05, 0) is 24.5 Å². The lowest BCUT2D eigenvalue weighted by atomic mass is 9.55. The number of rotatable bonds is 6. The number of hydrogen-bond donors (Lipinski definition) is 5. The molecule has 1 aromatic rings. The van der Waals surface area contributed by atoms with Crippen LogP contribution in [0, 0.1) is 11.8 Å². The maximum atomic E-state index is 13.9. The molecule has 5 atom stereocenters. The van der Waals surface area contributed by atoms with Crippen LogP contribution in [-0.2, 0) is 28.7 Å². The lowest BCUT2D eigenvalue weighted by molar-refractivity contribution is -0.172. The molecule has 0 spiro atoms. The molecule has 2 saturated carbocycles. The number of hydrogen-bond acceptors (Lipinski definition) is 10. The number of benzene rings is 1. The van der Waals surface area contributed by atoms with Crippen molar-refractivity contribution in [1.82, 2.24) is 0 Å². The van der Waals surface area contributed by atoms with E-state index in [4.69, 9.17) is 15.2 Å². The summed E-state index contributed by atoms with van der Waals surface area (Å²) in [5.74, 6) is -9.01. The maximum Gasteiger partial charge on any atom is 0.293 e. The van der Waals surface area contributed by atoms with Crippen molar-refractivity contribution in [2.75, 3.05) is 6.61 Å². The third-order valence-electron chi connectivity index (χ3n) is 8.17. The number of phenols is 1. The molecule has 196 valence electrons. The van der Waals surface area contributed by atoms with Crippen molar-refractivity contribution < 1.29 is 49.1 Å². The van der Waals surface area contributed by atoms with E-state index < -0.39 is 76.0 Å². The Balaban J connectivity index is 1.72. The fourth-order valence-corrected chi connectivity index (χ4v) is 6.48. The Labute approximate surface area is 211 Å². The highest BCUT2D eigenvalue weighted by Crippen LogP contribution is 2.56. The molecular formula is C26H27NO10. The second-order valence-corrected chi connectivity index (χ2v) is 9.99. The summed E-state index contributed by atoms with van der Waals surface area (Å²) in [5.41, 5.74) is 1.38. The summed E-state index contributed by atoms with van der Waals surface area (Å²) in [5, 5.41) is 44.3. The van der Waals surface area contributed by atoms with E-state index in [-0.39, 0.29) is 30.5 Å². The predicted octanol–water partition coefficient (Wildman–Crippen LogP) is 1.08. The number of phenolic OH excluding ortho intramolecular Hbond substituents is 1. The SMILES string of the molecule is NC(=O)C1=C(O)[C@@]2(O)C(=O)C3=C(O)c4c(O)cccc4[C@H](COC4CCCC4)[C@H]3[C@H](OC=O)[C@H]2CC1=O. The molecule has 6 N–H and O–H groups in total.